The largest absolute Gasteiger partial charge is 0.386 e. The van der Waals surface area contributed by atoms with Crippen molar-refractivity contribution in [1.82, 2.24) is 5.32 Å². The van der Waals surface area contributed by atoms with E-state index in [9.17, 15) is 14.9 Å². The second-order valence-corrected chi connectivity index (χ2v) is 4.95. The molecule has 0 aliphatic carbocycles. The van der Waals surface area contributed by atoms with Gasteiger partial charge in [0.15, 0.2) is 6.61 Å². The summed E-state index contributed by atoms with van der Waals surface area (Å²) >= 11 is 0. The molecule has 2 aromatic carbocycles. The Bertz CT molecular complexity index is 717. The van der Waals surface area contributed by atoms with Gasteiger partial charge in [-0.3, -0.25) is 14.9 Å². The van der Waals surface area contributed by atoms with Crippen molar-refractivity contribution in [3.63, 3.8) is 0 Å². The van der Waals surface area contributed by atoms with E-state index >= 15 is 0 Å². The number of nitrogens with one attached hydrogen (secondary N) is 1. The molecule has 0 atom stereocenters. The Balaban J connectivity index is 1.68. The molecule has 2 rings (SSSR count). The van der Waals surface area contributed by atoms with E-state index in [1.807, 2.05) is 30.3 Å². The fourth-order valence-electron chi connectivity index (χ4n) is 1.95. The van der Waals surface area contributed by atoms with Crippen LogP contribution in [0.25, 0.3) is 0 Å². The van der Waals surface area contributed by atoms with Gasteiger partial charge in [-0.15, -0.1) is 0 Å². The van der Waals surface area contributed by atoms with Crippen molar-refractivity contribution < 1.29 is 14.6 Å². The third-order valence-corrected chi connectivity index (χ3v) is 3.13. The van der Waals surface area contributed by atoms with Gasteiger partial charge in [0.25, 0.3) is 11.6 Å². The summed E-state index contributed by atoms with van der Waals surface area (Å²) in [7, 11) is 0. The van der Waals surface area contributed by atoms with E-state index in [1.54, 1.807) is 12.1 Å². The second-order valence-electron chi connectivity index (χ2n) is 4.95. The number of carbonyl (C=O) groups is 1. The molecule has 0 unspecified atom stereocenters. The Morgan fingerprint density at radius 3 is 2.75 bits per heavy atom. The fraction of sp³-hybridized carbons (Fsp3) is 0.176. The molecule has 7 nitrogen and oxygen atoms in total. The number of oxime groups is 1. The highest BCUT2D eigenvalue weighted by Gasteiger charge is 2.04. The Kier molecular flexibility index (Phi) is 6.46. The second kappa shape index (κ2) is 9.04. The number of benzene rings is 2. The topological polar surface area (TPSA) is 93.8 Å². The Labute approximate surface area is 139 Å². The molecule has 0 radical (unpaired) electrons. The van der Waals surface area contributed by atoms with Gasteiger partial charge >= 0.3 is 0 Å². The van der Waals surface area contributed by atoms with Crippen LogP contribution < -0.4 is 5.32 Å². The minimum absolute atomic E-state index is 0.0300. The number of hydrogen-bond acceptors (Lipinski definition) is 5. The summed E-state index contributed by atoms with van der Waals surface area (Å²) in [5.74, 6) is -0.276. The summed E-state index contributed by atoms with van der Waals surface area (Å²) in [4.78, 5) is 26.6. The maximum absolute atomic E-state index is 11.6. The molecule has 0 saturated heterocycles. The van der Waals surface area contributed by atoms with Crippen molar-refractivity contribution >= 4 is 17.8 Å². The maximum atomic E-state index is 11.6. The van der Waals surface area contributed by atoms with Gasteiger partial charge < -0.3 is 10.2 Å². The number of carbonyl (C=O) groups excluding carboxylic acids is 1. The van der Waals surface area contributed by atoms with Crippen LogP contribution in [0.5, 0.6) is 0 Å². The van der Waals surface area contributed by atoms with Crippen LogP contribution in [0.4, 0.5) is 5.69 Å². The standard InChI is InChI=1S/C17H17N3O4/c21-17(18-10-9-14-5-2-1-3-6-14)13-24-19-12-15-7-4-8-16(11-15)20(22)23/h1-8,11-12H,9-10,13H2,(H,18,21)/b19-12-. The number of hydrogen-bond donors (Lipinski definition) is 1. The minimum atomic E-state index is -0.488. The molecule has 0 aliphatic rings. The number of rotatable bonds is 8. The van der Waals surface area contributed by atoms with Crippen LogP contribution >= 0.6 is 0 Å². The molecule has 7 heteroatoms. The van der Waals surface area contributed by atoms with Crippen LogP contribution in [0.15, 0.2) is 59.8 Å². The Morgan fingerprint density at radius 2 is 2.00 bits per heavy atom. The number of nitrogens with zero attached hydrogens (tertiary/aromatic N) is 2. The zero-order chi connectivity index (χ0) is 17.2. The molecule has 2 aromatic rings. The third-order valence-electron chi connectivity index (χ3n) is 3.13. The van der Waals surface area contributed by atoms with Gasteiger partial charge in [-0.25, -0.2) is 0 Å². The van der Waals surface area contributed by atoms with Gasteiger partial charge in [0.05, 0.1) is 11.1 Å². The van der Waals surface area contributed by atoms with Crippen molar-refractivity contribution in [2.45, 2.75) is 6.42 Å². The first-order valence-electron chi connectivity index (χ1n) is 7.35. The molecule has 0 aromatic heterocycles. The predicted molar refractivity (Wildman–Crippen MR) is 89.8 cm³/mol. The molecule has 1 N–H and O–H groups in total. The first kappa shape index (κ1) is 17.1. The lowest BCUT2D eigenvalue weighted by Gasteiger charge is -2.04. The lowest BCUT2D eigenvalue weighted by molar-refractivity contribution is -0.384. The van der Waals surface area contributed by atoms with Gasteiger partial charge in [0.2, 0.25) is 0 Å². The zero-order valence-electron chi connectivity index (χ0n) is 12.9. The molecule has 0 saturated carbocycles. The summed E-state index contributed by atoms with van der Waals surface area (Å²) in [6.07, 6.45) is 2.06. The number of amides is 1. The van der Waals surface area contributed by atoms with Crippen molar-refractivity contribution in [2.75, 3.05) is 13.2 Å². The maximum Gasteiger partial charge on any atom is 0.270 e. The van der Waals surface area contributed by atoms with E-state index in [1.165, 1.54) is 18.3 Å². The molecule has 0 fully saturated rings. The SMILES string of the molecule is O=C(CO/N=C\c1cccc([N+](=O)[O-])c1)NCCc1ccccc1. The zero-order valence-corrected chi connectivity index (χ0v) is 12.9. The minimum Gasteiger partial charge on any atom is -0.386 e. The van der Waals surface area contributed by atoms with E-state index in [0.717, 1.165) is 12.0 Å². The third kappa shape index (κ3) is 5.88. The van der Waals surface area contributed by atoms with Crippen LogP contribution in [-0.4, -0.2) is 30.2 Å². The fourth-order valence-corrected chi connectivity index (χ4v) is 1.95. The average molecular weight is 327 g/mol. The van der Waals surface area contributed by atoms with Crippen LogP contribution in [0.2, 0.25) is 0 Å². The highest BCUT2D eigenvalue weighted by atomic mass is 16.6. The highest BCUT2D eigenvalue weighted by molar-refractivity contribution is 5.80. The van der Waals surface area contributed by atoms with Gasteiger partial charge in [0, 0.05) is 24.2 Å². The van der Waals surface area contributed by atoms with E-state index in [4.69, 9.17) is 4.84 Å². The number of non-ortho nitro benzene ring substituents is 1. The summed E-state index contributed by atoms with van der Waals surface area (Å²) in [5, 5.41) is 17.0. The van der Waals surface area contributed by atoms with Crippen molar-refractivity contribution in [1.29, 1.82) is 0 Å². The molecular weight excluding hydrogens is 310 g/mol. The van der Waals surface area contributed by atoms with E-state index in [0.29, 0.717) is 12.1 Å². The molecule has 0 spiro atoms. The summed E-state index contributed by atoms with van der Waals surface area (Å²) < 4.78 is 0. The molecule has 0 bridgehead atoms. The van der Waals surface area contributed by atoms with Crippen LogP contribution in [0.1, 0.15) is 11.1 Å². The van der Waals surface area contributed by atoms with E-state index < -0.39 is 4.92 Å². The van der Waals surface area contributed by atoms with Gasteiger partial charge in [-0.05, 0) is 12.0 Å². The van der Waals surface area contributed by atoms with Crippen molar-refractivity contribution in [3.05, 3.63) is 75.8 Å². The molecule has 1 amide bonds. The molecule has 0 heterocycles. The van der Waals surface area contributed by atoms with Crippen LogP contribution in [-0.2, 0) is 16.1 Å². The highest BCUT2D eigenvalue weighted by Crippen LogP contribution is 2.11. The lowest BCUT2D eigenvalue weighted by Crippen LogP contribution is -2.28. The Morgan fingerprint density at radius 1 is 1.21 bits per heavy atom. The lowest BCUT2D eigenvalue weighted by atomic mass is 10.1. The van der Waals surface area contributed by atoms with Crippen LogP contribution in [0.3, 0.4) is 0 Å². The van der Waals surface area contributed by atoms with Crippen molar-refractivity contribution in [2.24, 2.45) is 5.16 Å². The number of nitro benzene ring substituents is 1. The molecule has 0 aliphatic heterocycles. The average Bonchev–Trinajstić information content (AvgIpc) is 2.60. The molecular formula is C17H17N3O4. The monoisotopic (exact) mass is 327 g/mol. The first-order chi connectivity index (χ1) is 11.6. The van der Waals surface area contributed by atoms with Gasteiger partial charge in [0.1, 0.15) is 0 Å². The molecule has 24 heavy (non-hydrogen) atoms. The Hall–Kier alpha value is -3.22. The summed E-state index contributed by atoms with van der Waals surface area (Å²) in [6.45, 7) is 0.307. The molecule has 124 valence electrons. The van der Waals surface area contributed by atoms with Gasteiger partial charge in [-0.1, -0.05) is 47.6 Å². The first-order valence-corrected chi connectivity index (χ1v) is 7.35. The predicted octanol–water partition coefficient (Wildman–Crippen LogP) is 2.30. The quantitative estimate of drug-likeness (QED) is 0.457. The van der Waals surface area contributed by atoms with Crippen molar-refractivity contribution in [3.8, 4) is 0 Å². The van der Waals surface area contributed by atoms with Crippen LogP contribution in [0, 0.1) is 10.1 Å². The normalized spacial score (nSPS) is 10.5. The number of nitro groups is 1. The smallest absolute Gasteiger partial charge is 0.270 e. The summed E-state index contributed by atoms with van der Waals surface area (Å²) in [6, 6.07) is 15.8. The van der Waals surface area contributed by atoms with Gasteiger partial charge in [-0.2, -0.15) is 0 Å². The summed E-state index contributed by atoms with van der Waals surface area (Å²) in [5.41, 5.74) is 1.63. The van der Waals surface area contributed by atoms with E-state index in [-0.39, 0.29) is 18.2 Å². The van der Waals surface area contributed by atoms with E-state index in [2.05, 4.69) is 10.5 Å².